The Bertz CT molecular complexity index is 846. The molecule has 0 saturated heterocycles. The molecule has 0 bridgehead atoms. The second kappa shape index (κ2) is 5.10. The highest BCUT2D eigenvalue weighted by atomic mass is 35.5. The molecule has 4 nitrogen and oxygen atoms in total. The van der Waals surface area contributed by atoms with Gasteiger partial charge in [-0.1, -0.05) is 29.8 Å². The van der Waals surface area contributed by atoms with Gasteiger partial charge in [-0.15, -0.1) is 0 Å². The number of benzene rings is 2. The van der Waals surface area contributed by atoms with Crippen LogP contribution in [0.2, 0.25) is 5.02 Å². The normalized spacial score (nSPS) is 18.9. The zero-order chi connectivity index (χ0) is 16.1. The summed E-state index contributed by atoms with van der Waals surface area (Å²) in [5, 5.41) is 9.71. The Balaban J connectivity index is 1.75. The molecule has 2 aliphatic rings. The van der Waals surface area contributed by atoms with Crippen molar-refractivity contribution in [2.24, 2.45) is 0 Å². The van der Waals surface area contributed by atoms with Gasteiger partial charge in [-0.3, -0.25) is 9.59 Å². The molecule has 1 atom stereocenters. The van der Waals surface area contributed by atoms with Crippen LogP contribution in [-0.4, -0.2) is 17.0 Å². The minimum Gasteiger partial charge on any atom is -0.481 e. The molecule has 116 valence electrons. The minimum absolute atomic E-state index is 0.0600. The van der Waals surface area contributed by atoms with Gasteiger partial charge >= 0.3 is 5.97 Å². The van der Waals surface area contributed by atoms with Crippen molar-refractivity contribution in [2.45, 2.75) is 25.3 Å². The van der Waals surface area contributed by atoms with E-state index in [2.05, 4.69) is 0 Å². The van der Waals surface area contributed by atoms with Crippen LogP contribution in [0.1, 0.15) is 39.4 Å². The van der Waals surface area contributed by atoms with E-state index in [-0.39, 0.29) is 5.91 Å². The van der Waals surface area contributed by atoms with Crippen molar-refractivity contribution in [1.82, 2.24) is 0 Å². The third-order valence-electron chi connectivity index (χ3n) is 4.70. The van der Waals surface area contributed by atoms with E-state index in [4.69, 9.17) is 11.6 Å². The van der Waals surface area contributed by atoms with Crippen molar-refractivity contribution in [3.8, 4) is 0 Å². The molecule has 1 N–H and O–H groups in total. The van der Waals surface area contributed by atoms with E-state index in [0.717, 1.165) is 16.7 Å². The number of carbonyl (C=O) groups excluding carboxylic acids is 1. The first-order valence-electron chi connectivity index (χ1n) is 7.51. The molecular weight excluding hydrogens is 314 g/mol. The number of hydrogen-bond donors (Lipinski definition) is 1. The number of amides is 1. The highest BCUT2D eigenvalue weighted by molar-refractivity contribution is 6.34. The van der Waals surface area contributed by atoms with Crippen molar-refractivity contribution in [2.75, 3.05) is 4.90 Å². The lowest BCUT2D eigenvalue weighted by molar-refractivity contribution is -0.138. The van der Waals surface area contributed by atoms with E-state index in [1.165, 1.54) is 0 Å². The van der Waals surface area contributed by atoms with Crippen LogP contribution in [0.4, 0.5) is 5.69 Å². The number of nitrogens with zero attached hydrogens (tertiary/aromatic N) is 1. The number of anilines is 1. The Labute approximate surface area is 138 Å². The second-order valence-corrected chi connectivity index (χ2v) is 6.39. The molecule has 1 heterocycles. The zero-order valence-electron chi connectivity index (χ0n) is 12.3. The van der Waals surface area contributed by atoms with Gasteiger partial charge in [-0.25, -0.2) is 0 Å². The molecule has 2 aromatic rings. The number of hydrogen-bond acceptors (Lipinski definition) is 2. The molecule has 23 heavy (non-hydrogen) atoms. The Morgan fingerprint density at radius 3 is 2.74 bits per heavy atom. The molecule has 0 aromatic heterocycles. The molecule has 5 heteroatoms. The molecule has 0 spiro atoms. The SMILES string of the molecule is O=C(O)C1CCc2cc(N3Cc4ccccc4C3=O)c(Cl)cc21. The van der Waals surface area contributed by atoms with Gasteiger partial charge in [0, 0.05) is 5.56 Å². The van der Waals surface area contributed by atoms with Gasteiger partial charge in [0.25, 0.3) is 5.91 Å². The summed E-state index contributed by atoms with van der Waals surface area (Å²) < 4.78 is 0. The molecule has 2 aromatic carbocycles. The maximum atomic E-state index is 12.6. The molecule has 1 unspecified atom stereocenters. The fourth-order valence-corrected chi connectivity index (χ4v) is 3.80. The number of fused-ring (bicyclic) bond motifs is 2. The summed E-state index contributed by atoms with van der Waals surface area (Å²) in [7, 11) is 0. The summed E-state index contributed by atoms with van der Waals surface area (Å²) in [5.41, 5.74) is 4.10. The zero-order valence-corrected chi connectivity index (χ0v) is 13.0. The number of carbonyl (C=O) groups is 2. The van der Waals surface area contributed by atoms with Gasteiger partial charge in [0.1, 0.15) is 0 Å². The van der Waals surface area contributed by atoms with Crippen LogP contribution in [0.25, 0.3) is 0 Å². The quantitative estimate of drug-likeness (QED) is 0.916. The van der Waals surface area contributed by atoms with Gasteiger partial charge in [-0.05, 0) is 47.7 Å². The first-order valence-corrected chi connectivity index (χ1v) is 7.89. The summed E-state index contributed by atoms with van der Waals surface area (Å²) in [6.07, 6.45) is 1.28. The van der Waals surface area contributed by atoms with E-state index < -0.39 is 11.9 Å². The van der Waals surface area contributed by atoms with Crippen molar-refractivity contribution in [3.63, 3.8) is 0 Å². The van der Waals surface area contributed by atoms with Crippen LogP contribution >= 0.6 is 11.6 Å². The van der Waals surface area contributed by atoms with Gasteiger partial charge in [-0.2, -0.15) is 0 Å². The number of carboxylic acid groups (broad SMARTS) is 1. The fraction of sp³-hybridized carbons (Fsp3) is 0.222. The van der Waals surface area contributed by atoms with Crippen LogP contribution in [0.5, 0.6) is 0 Å². The predicted octanol–water partition coefficient (Wildman–Crippen LogP) is 3.61. The summed E-state index contributed by atoms with van der Waals surface area (Å²) in [4.78, 5) is 25.6. The molecule has 0 radical (unpaired) electrons. The van der Waals surface area contributed by atoms with Crippen molar-refractivity contribution in [1.29, 1.82) is 0 Å². The lowest BCUT2D eigenvalue weighted by atomic mass is 10.0. The van der Waals surface area contributed by atoms with Gasteiger partial charge in [0.2, 0.25) is 0 Å². The number of aliphatic carboxylic acids is 1. The average molecular weight is 328 g/mol. The summed E-state index contributed by atoms with van der Waals surface area (Å²) in [6.45, 7) is 0.496. The highest BCUT2D eigenvalue weighted by Crippen LogP contribution is 2.41. The standard InChI is InChI=1S/C18H14ClNO3/c19-15-8-14-10(5-6-13(14)18(22)23)7-16(15)20-9-11-3-1-2-4-12(11)17(20)21/h1-4,7-8,13H,5-6,9H2,(H,22,23). The maximum Gasteiger partial charge on any atom is 0.310 e. The Morgan fingerprint density at radius 2 is 2.00 bits per heavy atom. The number of aryl methyl sites for hydroxylation is 1. The van der Waals surface area contributed by atoms with E-state index in [1.54, 1.807) is 11.0 Å². The molecule has 0 fully saturated rings. The Hall–Kier alpha value is -2.33. The fourth-order valence-electron chi connectivity index (χ4n) is 3.53. The van der Waals surface area contributed by atoms with Crippen LogP contribution < -0.4 is 4.90 Å². The van der Waals surface area contributed by atoms with Crippen LogP contribution in [0.15, 0.2) is 36.4 Å². The lowest BCUT2D eigenvalue weighted by Gasteiger charge is -2.19. The molecular formula is C18H14ClNO3. The lowest BCUT2D eigenvalue weighted by Crippen LogP contribution is -2.23. The average Bonchev–Trinajstić information content (AvgIpc) is 3.08. The largest absolute Gasteiger partial charge is 0.481 e. The molecule has 1 amide bonds. The maximum absolute atomic E-state index is 12.6. The molecule has 4 rings (SSSR count). The van der Waals surface area contributed by atoms with E-state index >= 15 is 0 Å². The third-order valence-corrected chi connectivity index (χ3v) is 5.00. The molecule has 1 aliphatic carbocycles. The topological polar surface area (TPSA) is 57.6 Å². The molecule has 0 saturated carbocycles. The van der Waals surface area contributed by atoms with Gasteiger partial charge in [0.05, 0.1) is 23.2 Å². The summed E-state index contributed by atoms with van der Waals surface area (Å²) in [5.74, 6) is -1.38. The van der Waals surface area contributed by atoms with Gasteiger partial charge < -0.3 is 10.0 Å². The Morgan fingerprint density at radius 1 is 1.22 bits per heavy atom. The number of rotatable bonds is 2. The van der Waals surface area contributed by atoms with E-state index in [0.29, 0.717) is 35.7 Å². The predicted molar refractivity (Wildman–Crippen MR) is 87.1 cm³/mol. The van der Waals surface area contributed by atoms with Crippen LogP contribution in [0, 0.1) is 0 Å². The van der Waals surface area contributed by atoms with Crippen molar-refractivity contribution < 1.29 is 14.7 Å². The van der Waals surface area contributed by atoms with Gasteiger partial charge in [0.15, 0.2) is 0 Å². The van der Waals surface area contributed by atoms with Crippen LogP contribution in [0.3, 0.4) is 0 Å². The second-order valence-electron chi connectivity index (χ2n) is 5.98. The smallest absolute Gasteiger partial charge is 0.310 e. The van der Waals surface area contributed by atoms with E-state index in [1.807, 2.05) is 30.3 Å². The van der Waals surface area contributed by atoms with Crippen LogP contribution in [-0.2, 0) is 17.8 Å². The van der Waals surface area contributed by atoms with Crippen molar-refractivity contribution >= 4 is 29.2 Å². The first-order chi connectivity index (χ1) is 11.1. The monoisotopic (exact) mass is 327 g/mol. The first kappa shape index (κ1) is 14.3. The minimum atomic E-state index is -0.822. The van der Waals surface area contributed by atoms with Crippen molar-refractivity contribution in [3.05, 3.63) is 63.7 Å². The number of carboxylic acids is 1. The summed E-state index contributed by atoms with van der Waals surface area (Å²) in [6, 6.07) is 11.1. The molecule has 1 aliphatic heterocycles. The third kappa shape index (κ3) is 2.13. The summed E-state index contributed by atoms with van der Waals surface area (Å²) >= 11 is 6.38. The number of halogens is 1. The highest BCUT2D eigenvalue weighted by Gasteiger charge is 2.33. The Kier molecular flexibility index (Phi) is 3.16. The van der Waals surface area contributed by atoms with E-state index in [9.17, 15) is 14.7 Å².